The van der Waals surface area contributed by atoms with Gasteiger partial charge in [-0.15, -0.1) is 0 Å². The van der Waals surface area contributed by atoms with Gasteiger partial charge in [0, 0.05) is 17.5 Å². The van der Waals surface area contributed by atoms with E-state index in [0.29, 0.717) is 16.3 Å². The Morgan fingerprint density at radius 2 is 2.31 bits per heavy atom. The molecule has 0 aromatic heterocycles. The summed E-state index contributed by atoms with van der Waals surface area (Å²) < 4.78 is 0. The second-order valence-corrected chi connectivity index (χ2v) is 4.89. The third-order valence-corrected chi connectivity index (χ3v) is 3.19. The summed E-state index contributed by atoms with van der Waals surface area (Å²) in [5, 5.41) is 3.28. The summed E-state index contributed by atoms with van der Waals surface area (Å²) in [7, 11) is 0. The van der Waals surface area contributed by atoms with Crippen molar-refractivity contribution in [2.24, 2.45) is 0 Å². The van der Waals surface area contributed by atoms with E-state index in [0.717, 1.165) is 5.75 Å². The van der Waals surface area contributed by atoms with Crippen LogP contribution in [0.1, 0.15) is 17.3 Å². The molecule has 1 atom stereocenters. The van der Waals surface area contributed by atoms with Crippen LogP contribution in [0.5, 0.6) is 0 Å². The fourth-order valence-corrected chi connectivity index (χ4v) is 2.10. The third kappa shape index (κ3) is 3.61. The van der Waals surface area contributed by atoms with E-state index in [1.807, 2.05) is 13.2 Å². The Balaban J connectivity index is 2.76. The fraction of sp³-hybridized carbons (Fsp3) is 0.364. The van der Waals surface area contributed by atoms with Crippen molar-refractivity contribution in [2.45, 2.75) is 13.0 Å². The number of carbonyl (C=O) groups excluding carboxylic acids is 1. The minimum absolute atomic E-state index is 0.111. The highest BCUT2D eigenvalue weighted by molar-refractivity contribution is 7.98. The molecule has 0 bridgehead atoms. The summed E-state index contributed by atoms with van der Waals surface area (Å²) in [6, 6.07) is 5.00. The largest absolute Gasteiger partial charge is 0.399 e. The molecule has 0 aliphatic carbocycles. The molecule has 1 amide bonds. The van der Waals surface area contributed by atoms with Gasteiger partial charge in [0.25, 0.3) is 5.91 Å². The Bertz CT molecular complexity index is 384. The van der Waals surface area contributed by atoms with Gasteiger partial charge in [-0.2, -0.15) is 11.8 Å². The molecule has 88 valence electrons. The number of rotatable bonds is 4. The van der Waals surface area contributed by atoms with Crippen molar-refractivity contribution in [3.8, 4) is 0 Å². The molecule has 0 fully saturated rings. The number of nitrogens with one attached hydrogen (secondary N) is 1. The number of amides is 1. The van der Waals surface area contributed by atoms with Gasteiger partial charge in [0.2, 0.25) is 0 Å². The number of nitrogen functional groups attached to an aromatic ring is 1. The van der Waals surface area contributed by atoms with Crippen LogP contribution in [-0.4, -0.2) is 24.0 Å². The zero-order valence-corrected chi connectivity index (χ0v) is 10.9. The number of halogens is 1. The average Bonchev–Trinajstić information content (AvgIpc) is 2.21. The van der Waals surface area contributed by atoms with Gasteiger partial charge in [-0.1, -0.05) is 11.6 Å². The minimum atomic E-state index is -0.182. The van der Waals surface area contributed by atoms with Crippen LogP contribution in [-0.2, 0) is 0 Å². The average molecular weight is 259 g/mol. The Kier molecular flexibility index (Phi) is 4.96. The van der Waals surface area contributed by atoms with E-state index in [-0.39, 0.29) is 11.9 Å². The van der Waals surface area contributed by atoms with Crippen LogP contribution in [0, 0.1) is 0 Å². The molecular formula is C11H15ClN2OS. The molecule has 1 aromatic carbocycles. The molecule has 0 aliphatic heterocycles. The molecule has 0 radical (unpaired) electrons. The van der Waals surface area contributed by atoms with Gasteiger partial charge >= 0.3 is 0 Å². The van der Waals surface area contributed by atoms with Gasteiger partial charge in [0.05, 0.1) is 10.6 Å². The summed E-state index contributed by atoms with van der Waals surface area (Å²) >= 11 is 7.61. The predicted octanol–water partition coefficient (Wildman–Crippen LogP) is 2.40. The lowest BCUT2D eigenvalue weighted by Crippen LogP contribution is -2.34. The summed E-state index contributed by atoms with van der Waals surface area (Å²) in [5.74, 6) is 0.685. The Labute approximate surface area is 105 Å². The van der Waals surface area contributed by atoms with Crippen LogP contribution in [0.25, 0.3) is 0 Å². The molecule has 3 nitrogen and oxygen atoms in total. The molecule has 0 aliphatic rings. The first kappa shape index (κ1) is 13.2. The normalized spacial score (nSPS) is 12.2. The van der Waals surface area contributed by atoms with Crippen molar-refractivity contribution in [1.82, 2.24) is 5.32 Å². The van der Waals surface area contributed by atoms with E-state index in [9.17, 15) is 4.79 Å². The van der Waals surface area contributed by atoms with Crippen LogP contribution < -0.4 is 11.1 Å². The maximum Gasteiger partial charge on any atom is 0.253 e. The quantitative estimate of drug-likeness (QED) is 0.816. The van der Waals surface area contributed by atoms with Crippen LogP contribution in [0.2, 0.25) is 5.02 Å². The molecule has 0 heterocycles. The van der Waals surface area contributed by atoms with Crippen LogP contribution in [0.3, 0.4) is 0 Å². The molecule has 0 saturated carbocycles. The summed E-state index contributed by atoms with van der Waals surface area (Å²) in [4.78, 5) is 11.8. The number of thioether (sulfide) groups is 1. The van der Waals surface area contributed by atoms with E-state index in [1.54, 1.807) is 30.0 Å². The number of hydrogen-bond donors (Lipinski definition) is 2. The Morgan fingerprint density at radius 3 is 2.94 bits per heavy atom. The van der Waals surface area contributed by atoms with Crippen LogP contribution in [0.15, 0.2) is 18.2 Å². The van der Waals surface area contributed by atoms with Crippen molar-refractivity contribution in [2.75, 3.05) is 17.7 Å². The van der Waals surface area contributed by atoms with E-state index < -0.39 is 0 Å². The van der Waals surface area contributed by atoms with Gasteiger partial charge in [-0.25, -0.2) is 0 Å². The van der Waals surface area contributed by atoms with Gasteiger partial charge in [-0.05, 0) is 31.4 Å². The molecule has 5 heteroatoms. The molecule has 0 spiro atoms. The second kappa shape index (κ2) is 6.01. The number of carbonyl (C=O) groups is 1. The smallest absolute Gasteiger partial charge is 0.253 e. The molecule has 0 saturated heterocycles. The molecule has 1 aromatic rings. The van der Waals surface area contributed by atoms with Gasteiger partial charge in [0.1, 0.15) is 0 Å². The minimum Gasteiger partial charge on any atom is -0.399 e. The van der Waals surface area contributed by atoms with Crippen molar-refractivity contribution in [3.05, 3.63) is 28.8 Å². The number of nitrogens with two attached hydrogens (primary N) is 1. The molecular weight excluding hydrogens is 244 g/mol. The summed E-state index contributed by atoms with van der Waals surface area (Å²) in [6.07, 6.45) is 2.00. The first-order valence-corrected chi connectivity index (χ1v) is 6.66. The fourth-order valence-electron chi connectivity index (χ4n) is 1.31. The SMILES string of the molecule is CSCC(C)NC(=O)c1cc(N)ccc1Cl. The summed E-state index contributed by atoms with van der Waals surface area (Å²) in [5.41, 5.74) is 6.57. The van der Waals surface area contributed by atoms with Crippen LogP contribution >= 0.6 is 23.4 Å². The Hall–Kier alpha value is -0.870. The van der Waals surface area contributed by atoms with Crippen molar-refractivity contribution in [1.29, 1.82) is 0 Å². The molecule has 1 rings (SSSR count). The standard InChI is InChI=1S/C11H15ClN2OS/c1-7(6-16-2)14-11(15)9-5-8(13)3-4-10(9)12/h3-5,7H,6,13H2,1-2H3,(H,14,15). The maximum absolute atomic E-state index is 11.8. The first-order chi connectivity index (χ1) is 7.54. The van der Waals surface area contributed by atoms with Crippen molar-refractivity contribution < 1.29 is 4.79 Å². The van der Waals surface area contributed by atoms with E-state index >= 15 is 0 Å². The van der Waals surface area contributed by atoms with E-state index in [2.05, 4.69) is 5.32 Å². The number of hydrogen-bond acceptors (Lipinski definition) is 3. The zero-order chi connectivity index (χ0) is 12.1. The first-order valence-electron chi connectivity index (χ1n) is 4.89. The number of benzene rings is 1. The van der Waals surface area contributed by atoms with Gasteiger partial charge in [-0.3, -0.25) is 4.79 Å². The second-order valence-electron chi connectivity index (χ2n) is 3.57. The van der Waals surface area contributed by atoms with E-state index in [4.69, 9.17) is 17.3 Å². The lowest BCUT2D eigenvalue weighted by molar-refractivity contribution is 0.0944. The lowest BCUT2D eigenvalue weighted by atomic mass is 10.2. The molecule has 1 unspecified atom stereocenters. The van der Waals surface area contributed by atoms with Gasteiger partial charge < -0.3 is 11.1 Å². The van der Waals surface area contributed by atoms with Crippen LogP contribution in [0.4, 0.5) is 5.69 Å². The zero-order valence-electron chi connectivity index (χ0n) is 9.29. The maximum atomic E-state index is 11.8. The summed E-state index contributed by atoms with van der Waals surface area (Å²) in [6.45, 7) is 1.95. The number of anilines is 1. The van der Waals surface area contributed by atoms with E-state index in [1.165, 1.54) is 0 Å². The third-order valence-electron chi connectivity index (χ3n) is 2.03. The molecule has 16 heavy (non-hydrogen) atoms. The van der Waals surface area contributed by atoms with Crippen molar-refractivity contribution >= 4 is 35.0 Å². The molecule has 3 N–H and O–H groups in total. The highest BCUT2D eigenvalue weighted by Crippen LogP contribution is 2.18. The topological polar surface area (TPSA) is 55.1 Å². The monoisotopic (exact) mass is 258 g/mol. The predicted molar refractivity (Wildman–Crippen MR) is 71.2 cm³/mol. The highest BCUT2D eigenvalue weighted by atomic mass is 35.5. The van der Waals surface area contributed by atoms with Crippen molar-refractivity contribution in [3.63, 3.8) is 0 Å². The van der Waals surface area contributed by atoms with Gasteiger partial charge in [0.15, 0.2) is 0 Å². The highest BCUT2D eigenvalue weighted by Gasteiger charge is 2.12. The Morgan fingerprint density at radius 1 is 1.62 bits per heavy atom. The lowest BCUT2D eigenvalue weighted by Gasteiger charge is -2.13.